The number of esters is 1. The second-order valence-electron chi connectivity index (χ2n) is 10.7. The lowest BCUT2D eigenvalue weighted by Crippen LogP contribution is -2.43. The van der Waals surface area contributed by atoms with E-state index in [-0.39, 0.29) is 12.2 Å². The minimum absolute atomic E-state index is 0.177. The molecule has 0 aromatic heterocycles. The monoisotopic (exact) mass is 516 g/mol. The predicted octanol–water partition coefficient (Wildman–Crippen LogP) is 7.23. The number of fused-ring (bicyclic) bond motifs is 6. The van der Waals surface area contributed by atoms with Crippen molar-refractivity contribution >= 4 is 33.3 Å². The Morgan fingerprint density at radius 3 is 1.90 bits per heavy atom. The first-order valence-corrected chi connectivity index (χ1v) is 13.0. The number of benzene rings is 5. The summed E-state index contributed by atoms with van der Waals surface area (Å²) in [5, 5.41) is 4.06. The molecular weight excluding hydrogens is 488 g/mol. The summed E-state index contributed by atoms with van der Waals surface area (Å²) in [7, 11) is 0. The van der Waals surface area contributed by atoms with Crippen LogP contribution in [0.25, 0.3) is 21.5 Å². The van der Waals surface area contributed by atoms with Gasteiger partial charge in [0.25, 0.3) is 5.78 Å². The zero-order valence-electron chi connectivity index (χ0n) is 22.1. The maximum Gasteiger partial charge on any atom is 0.380 e. The van der Waals surface area contributed by atoms with Crippen LogP contribution in [-0.2, 0) is 15.1 Å². The molecule has 0 fully saturated rings. The Morgan fingerprint density at radius 2 is 1.26 bits per heavy atom. The van der Waals surface area contributed by atoms with Gasteiger partial charge in [-0.15, -0.1) is 0 Å². The van der Waals surface area contributed by atoms with Gasteiger partial charge in [-0.2, -0.15) is 0 Å². The summed E-state index contributed by atoms with van der Waals surface area (Å²) in [6, 6.07) is 33.1. The molecule has 0 saturated carbocycles. The highest BCUT2D eigenvalue weighted by molar-refractivity contribution is 6.40. The number of carbonyl (C=O) groups excluding carboxylic acids is 2. The van der Waals surface area contributed by atoms with Gasteiger partial charge in [0.05, 0.1) is 0 Å². The first-order valence-electron chi connectivity index (χ1n) is 13.0. The Labute approximate surface area is 226 Å². The van der Waals surface area contributed by atoms with Crippen LogP contribution in [0.2, 0.25) is 0 Å². The summed E-state index contributed by atoms with van der Waals surface area (Å²) in [4.78, 5) is 25.7. The molecule has 0 N–H and O–H groups in total. The van der Waals surface area contributed by atoms with Crippen molar-refractivity contribution in [3.05, 3.63) is 120 Å². The molecule has 1 aliphatic heterocycles. The third kappa shape index (κ3) is 4.30. The van der Waals surface area contributed by atoms with Gasteiger partial charge in [0, 0.05) is 27.5 Å². The zero-order valence-corrected chi connectivity index (χ0v) is 22.1. The van der Waals surface area contributed by atoms with Crippen molar-refractivity contribution in [1.82, 2.24) is 0 Å². The molecule has 5 heteroatoms. The molecule has 5 nitrogen and oxygen atoms in total. The van der Waals surface area contributed by atoms with Crippen LogP contribution in [0, 0.1) is 0 Å². The van der Waals surface area contributed by atoms with Crippen molar-refractivity contribution in [2.45, 2.75) is 32.0 Å². The molecule has 5 aromatic rings. The standard InChI is InChI=1S/C34H28O5/c1-33(2,3)39-32(36)29(35)22-12-11-15-24(20-22)34(23-13-5-4-6-14-23)21-37-30-27-18-9-7-16-25(27)26-17-8-10-19-28(26)31(30)38-34/h4-20H,21H2,1-3H3. The highest BCUT2D eigenvalue weighted by Gasteiger charge is 2.43. The summed E-state index contributed by atoms with van der Waals surface area (Å²) >= 11 is 0. The number of ether oxygens (including phenoxy) is 3. The third-order valence-electron chi connectivity index (χ3n) is 6.95. The van der Waals surface area contributed by atoms with Crippen LogP contribution >= 0.6 is 0 Å². The minimum atomic E-state index is -1.07. The maximum atomic E-state index is 13.1. The first kappa shape index (κ1) is 24.7. The predicted molar refractivity (Wildman–Crippen MR) is 151 cm³/mol. The van der Waals surface area contributed by atoms with E-state index in [0.717, 1.165) is 27.1 Å². The van der Waals surface area contributed by atoms with Crippen LogP contribution in [0.15, 0.2) is 103 Å². The number of Topliss-reactive ketones (excluding diaryl/α,β-unsaturated/α-hetero) is 1. The van der Waals surface area contributed by atoms with E-state index in [1.165, 1.54) is 0 Å². The SMILES string of the molecule is CC(C)(C)OC(=O)C(=O)c1cccc(C2(c3ccccc3)COc3c(c4ccccc4c4ccccc34)O2)c1. The summed E-state index contributed by atoms with van der Waals surface area (Å²) in [6.07, 6.45) is 0. The normalized spacial score (nSPS) is 16.7. The molecule has 1 heterocycles. The van der Waals surface area contributed by atoms with E-state index in [0.29, 0.717) is 17.1 Å². The molecular formula is C34H28O5. The van der Waals surface area contributed by atoms with Crippen LogP contribution in [0.1, 0.15) is 42.3 Å². The number of hydrogen-bond acceptors (Lipinski definition) is 5. The van der Waals surface area contributed by atoms with E-state index in [1.807, 2.05) is 72.8 Å². The molecule has 194 valence electrons. The molecule has 0 saturated heterocycles. The van der Waals surface area contributed by atoms with Crippen molar-refractivity contribution in [2.24, 2.45) is 0 Å². The largest absolute Gasteiger partial charge is 0.484 e. The fraction of sp³-hybridized carbons (Fsp3) is 0.176. The minimum Gasteiger partial charge on any atom is -0.484 e. The van der Waals surface area contributed by atoms with Gasteiger partial charge in [0.1, 0.15) is 12.2 Å². The van der Waals surface area contributed by atoms with Crippen molar-refractivity contribution in [3.63, 3.8) is 0 Å². The summed E-state index contributed by atoms with van der Waals surface area (Å²) < 4.78 is 19.0. The Hall–Kier alpha value is -4.64. The summed E-state index contributed by atoms with van der Waals surface area (Å²) in [5.74, 6) is -0.263. The molecule has 39 heavy (non-hydrogen) atoms. The van der Waals surface area contributed by atoms with Gasteiger partial charge in [-0.1, -0.05) is 97.1 Å². The fourth-order valence-corrected chi connectivity index (χ4v) is 5.21. The lowest BCUT2D eigenvalue weighted by atomic mass is 9.84. The Bertz CT molecular complexity index is 1730. The van der Waals surface area contributed by atoms with Gasteiger partial charge in [0.2, 0.25) is 0 Å². The van der Waals surface area contributed by atoms with Crippen LogP contribution in [0.3, 0.4) is 0 Å². The number of hydrogen-bond donors (Lipinski definition) is 0. The average molecular weight is 517 g/mol. The highest BCUT2D eigenvalue weighted by atomic mass is 16.6. The number of ketones is 1. The summed E-state index contributed by atoms with van der Waals surface area (Å²) in [6.45, 7) is 5.38. The molecule has 1 aliphatic rings. The zero-order chi connectivity index (χ0) is 27.2. The molecule has 0 aliphatic carbocycles. The number of rotatable bonds is 4. The highest BCUT2D eigenvalue weighted by Crippen LogP contribution is 2.51. The second kappa shape index (κ2) is 9.28. The van der Waals surface area contributed by atoms with Crippen molar-refractivity contribution in [1.29, 1.82) is 0 Å². The molecule has 1 atom stereocenters. The van der Waals surface area contributed by atoms with Gasteiger partial charge < -0.3 is 14.2 Å². The molecule has 0 spiro atoms. The molecule has 0 bridgehead atoms. The molecule has 0 amide bonds. The topological polar surface area (TPSA) is 61.8 Å². The van der Waals surface area contributed by atoms with E-state index < -0.39 is 23.0 Å². The van der Waals surface area contributed by atoms with Crippen LogP contribution < -0.4 is 9.47 Å². The lowest BCUT2D eigenvalue weighted by Gasteiger charge is -2.40. The molecule has 1 unspecified atom stereocenters. The van der Waals surface area contributed by atoms with E-state index in [1.54, 1.807) is 39.0 Å². The van der Waals surface area contributed by atoms with Gasteiger partial charge in [-0.3, -0.25) is 4.79 Å². The van der Waals surface area contributed by atoms with Crippen LogP contribution in [0.4, 0.5) is 0 Å². The Balaban J connectivity index is 1.53. The van der Waals surface area contributed by atoms with Gasteiger partial charge in [-0.05, 0) is 37.6 Å². The maximum absolute atomic E-state index is 13.1. The lowest BCUT2D eigenvalue weighted by molar-refractivity contribution is -0.148. The van der Waals surface area contributed by atoms with Crippen molar-refractivity contribution < 1.29 is 23.8 Å². The van der Waals surface area contributed by atoms with E-state index in [4.69, 9.17) is 14.2 Å². The van der Waals surface area contributed by atoms with Crippen molar-refractivity contribution in [3.8, 4) is 11.5 Å². The Morgan fingerprint density at radius 1 is 0.692 bits per heavy atom. The van der Waals surface area contributed by atoms with Gasteiger partial charge >= 0.3 is 5.97 Å². The molecule has 0 radical (unpaired) electrons. The summed E-state index contributed by atoms with van der Waals surface area (Å²) in [5.41, 5.74) is -0.0386. The Kier molecular flexibility index (Phi) is 5.87. The van der Waals surface area contributed by atoms with E-state index in [9.17, 15) is 9.59 Å². The molecule has 5 aromatic carbocycles. The van der Waals surface area contributed by atoms with Crippen LogP contribution in [0.5, 0.6) is 11.5 Å². The van der Waals surface area contributed by atoms with Gasteiger partial charge in [0.15, 0.2) is 17.1 Å². The van der Waals surface area contributed by atoms with Crippen LogP contribution in [-0.4, -0.2) is 24.0 Å². The molecule has 6 rings (SSSR count). The quantitative estimate of drug-likeness (QED) is 0.109. The van der Waals surface area contributed by atoms with E-state index >= 15 is 0 Å². The van der Waals surface area contributed by atoms with E-state index in [2.05, 4.69) is 12.1 Å². The fourth-order valence-electron chi connectivity index (χ4n) is 5.21. The third-order valence-corrected chi connectivity index (χ3v) is 6.95. The second-order valence-corrected chi connectivity index (χ2v) is 10.7. The number of carbonyl (C=O) groups is 2. The first-order chi connectivity index (χ1) is 18.8. The average Bonchev–Trinajstić information content (AvgIpc) is 2.96. The smallest absolute Gasteiger partial charge is 0.380 e. The van der Waals surface area contributed by atoms with Gasteiger partial charge in [-0.25, -0.2) is 4.79 Å². The van der Waals surface area contributed by atoms with Crippen molar-refractivity contribution in [2.75, 3.05) is 6.61 Å².